The van der Waals surface area contributed by atoms with E-state index in [4.69, 9.17) is 10.8 Å². The van der Waals surface area contributed by atoms with Crippen molar-refractivity contribution < 1.29 is 9.90 Å². The van der Waals surface area contributed by atoms with E-state index in [1.807, 2.05) is 30.3 Å². The SMILES string of the molecule is Nc1c(C(=O)O)ccnc1NCCc1ccccc1. The van der Waals surface area contributed by atoms with Crippen LogP contribution in [0.15, 0.2) is 42.6 Å². The number of pyridine rings is 1. The molecule has 1 aromatic heterocycles. The van der Waals surface area contributed by atoms with Gasteiger partial charge in [0.15, 0.2) is 0 Å². The highest BCUT2D eigenvalue weighted by atomic mass is 16.4. The zero-order valence-electron chi connectivity index (χ0n) is 10.3. The minimum absolute atomic E-state index is 0.0669. The quantitative estimate of drug-likeness (QED) is 0.762. The molecule has 0 bridgehead atoms. The molecule has 2 rings (SSSR count). The van der Waals surface area contributed by atoms with Crippen molar-refractivity contribution in [2.45, 2.75) is 6.42 Å². The second kappa shape index (κ2) is 5.86. The van der Waals surface area contributed by atoms with Crippen molar-refractivity contribution >= 4 is 17.5 Å². The summed E-state index contributed by atoms with van der Waals surface area (Å²) in [6, 6.07) is 11.4. The van der Waals surface area contributed by atoms with Gasteiger partial charge < -0.3 is 16.2 Å². The first kappa shape index (κ1) is 12.9. The molecule has 0 aliphatic carbocycles. The molecule has 19 heavy (non-hydrogen) atoms. The third-order valence-corrected chi connectivity index (χ3v) is 2.77. The molecule has 98 valence electrons. The number of anilines is 2. The molecule has 0 fully saturated rings. The van der Waals surface area contributed by atoms with Gasteiger partial charge in [-0.1, -0.05) is 30.3 Å². The van der Waals surface area contributed by atoms with Gasteiger partial charge in [-0.3, -0.25) is 0 Å². The summed E-state index contributed by atoms with van der Waals surface area (Å²) in [5.74, 6) is -0.637. The Hall–Kier alpha value is -2.56. The molecule has 0 unspecified atom stereocenters. The normalized spacial score (nSPS) is 10.1. The lowest BCUT2D eigenvalue weighted by atomic mass is 10.1. The average molecular weight is 257 g/mol. The molecule has 0 radical (unpaired) electrons. The number of hydrogen-bond donors (Lipinski definition) is 3. The van der Waals surface area contributed by atoms with E-state index in [1.165, 1.54) is 17.8 Å². The summed E-state index contributed by atoms with van der Waals surface area (Å²) in [6.45, 7) is 0.643. The van der Waals surface area contributed by atoms with Gasteiger partial charge in [0.05, 0.1) is 11.3 Å². The van der Waals surface area contributed by atoms with Crippen molar-refractivity contribution in [3.8, 4) is 0 Å². The molecule has 0 aliphatic rings. The van der Waals surface area contributed by atoms with Gasteiger partial charge in [0.1, 0.15) is 5.82 Å². The summed E-state index contributed by atoms with van der Waals surface area (Å²) in [6.07, 6.45) is 2.25. The van der Waals surface area contributed by atoms with E-state index in [0.717, 1.165) is 6.42 Å². The van der Waals surface area contributed by atoms with Crippen molar-refractivity contribution in [1.29, 1.82) is 0 Å². The lowest BCUT2D eigenvalue weighted by molar-refractivity contribution is 0.0698. The van der Waals surface area contributed by atoms with E-state index in [-0.39, 0.29) is 11.3 Å². The number of nitrogen functional groups attached to an aromatic ring is 1. The van der Waals surface area contributed by atoms with Crippen LogP contribution in [-0.4, -0.2) is 22.6 Å². The monoisotopic (exact) mass is 257 g/mol. The highest BCUT2D eigenvalue weighted by Gasteiger charge is 2.11. The van der Waals surface area contributed by atoms with E-state index in [2.05, 4.69) is 10.3 Å². The van der Waals surface area contributed by atoms with Crippen molar-refractivity contribution in [2.24, 2.45) is 0 Å². The average Bonchev–Trinajstić information content (AvgIpc) is 2.41. The number of aromatic carboxylic acids is 1. The van der Waals surface area contributed by atoms with Gasteiger partial charge in [0.2, 0.25) is 0 Å². The molecule has 0 spiro atoms. The molecule has 2 aromatic rings. The molecule has 5 heteroatoms. The third kappa shape index (κ3) is 3.22. The van der Waals surface area contributed by atoms with Gasteiger partial charge in [-0.25, -0.2) is 9.78 Å². The first-order valence-electron chi connectivity index (χ1n) is 5.94. The number of carboxylic acids is 1. The van der Waals surface area contributed by atoms with E-state index >= 15 is 0 Å². The Morgan fingerprint density at radius 2 is 2.00 bits per heavy atom. The number of benzene rings is 1. The zero-order chi connectivity index (χ0) is 13.7. The van der Waals surface area contributed by atoms with E-state index in [1.54, 1.807) is 0 Å². The Morgan fingerprint density at radius 3 is 2.68 bits per heavy atom. The van der Waals surface area contributed by atoms with Crippen molar-refractivity contribution in [2.75, 3.05) is 17.6 Å². The van der Waals surface area contributed by atoms with Crippen LogP contribution in [0.4, 0.5) is 11.5 Å². The number of nitrogens with two attached hydrogens (primary N) is 1. The Kier molecular flexibility index (Phi) is 3.97. The maximum Gasteiger partial charge on any atom is 0.337 e. The minimum atomic E-state index is -1.05. The summed E-state index contributed by atoms with van der Waals surface area (Å²) in [5.41, 5.74) is 7.19. The van der Waals surface area contributed by atoms with Gasteiger partial charge in [-0.15, -0.1) is 0 Å². The number of rotatable bonds is 5. The number of hydrogen-bond acceptors (Lipinski definition) is 4. The highest BCUT2D eigenvalue weighted by molar-refractivity contribution is 5.96. The van der Waals surface area contributed by atoms with Crippen LogP contribution in [-0.2, 0) is 6.42 Å². The largest absolute Gasteiger partial charge is 0.478 e. The maximum absolute atomic E-state index is 10.9. The number of carboxylic acid groups (broad SMARTS) is 1. The van der Waals surface area contributed by atoms with Gasteiger partial charge >= 0.3 is 5.97 Å². The molecule has 0 saturated carbocycles. The number of nitrogens with one attached hydrogen (secondary N) is 1. The standard InChI is InChI=1S/C14H15N3O2/c15-12-11(14(18)19)7-9-17-13(12)16-8-6-10-4-2-1-3-5-10/h1-5,7,9H,6,8,15H2,(H,16,17)(H,18,19). The second-order valence-electron chi connectivity index (χ2n) is 4.09. The van der Waals surface area contributed by atoms with Gasteiger partial charge in [0, 0.05) is 12.7 Å². The fourth-order valence-corrected chi connectivity index (χ4v) is 1.77. The first-order valence-corrected chi connectivity index (χ1v) is 5.94. The lowest BCUT2D eigenvalue weighted by Gasteiger charge is -2.09. The first-order chi connectivity index (χ1) is 9.18. The van der Waals surface area contributed by atoms with Crippen LogP contribution in [0.2, 0.25) is 0 Å². The Balaban J connectivity index is 2.00. The number of aromatic nitrogens is 1. The number of nitrogens with zero attached hydrogens (tertiary/aromatic N) is 1. The van der Waals surface area contributed by atoms with Crippen molar-refractivity contribution in [1.82, 2.24) is 4.98 Å². The maximum atomic E-state index is 10.9. The van der Waals surface area contributed by atoms with Gasteiger partial charge in [-0.05, 0) is 18.1 Å². The predicted molar refractivity (Wildman–Crippen MR) is 74.2 cm³/mol. The van der Waals surface area contributed by atoms with Crippen LogP contribution in [0.25, 0.3) is 0 Å². The molecule has 0 amide bonds. The summed E-state index contributed by atoms with van der Waals surface area (Å²) in [7, 11) is 0. The predicted octanol–water partition coefficient (Wildman–Crippen LogP) is 2.02. The van der Waals surface area contributed by atoms with E-state index < -0.39 is 5.97 Å². The third-order valence-electron chi connectivity index (χ3n) is 2.77. The summed E-state index contributed by atoms with van der Waals surface area (Å²) in [4.78, 5) is 15.0. The summed E-state index contributed by atoms with van der Waals surface area (Å²) in [5, 5.41) is 12.0. The minimum Gasteiger partial charge on any atom is -0.478 e. The molecule has 1 heterocycles. The Bertz CT molecular complexity index is 570. The molecular weight excluding hydrogens is 242 g/mol. The molecule has 4 N–H and O–H groups in total. The van der Waals surface area contributed by atoms with Crippen molar-refractivity contribution in [3.05, 3.63) is 53.7 Å². The van der Waals surface area contributed by atoms with Crippen LogP contribution in [0.5, 0.6) is 0 Å². The van der Waals surface area contributed by atoms with E-state index in [0.29, 0.717) is 12.4 Å². The molecule has 0 aliphatic heterocycles. The molecular formula is C14H15N3O2. The molecule has 0 atom stereocenters. The van der Waals surface area contributed by atoms with Crippen LogP contribution in [0, 0.1) is 0 Å². The van der Waals surface area contributed by atoms with Crippen LogP contribution < -0.4 is 11.1 Å². The summed E-state index contributed by atoms with van der Waals surface area (Å²) < 4.78 is 0. The van der Waals surface area contributed by atoms with Gasteiger partial charge in [-0.2, -0.15) is 0 Å². The summed E-state index contributed by atoms with van der Waals surface area (Å²) >= 11 is 0. The van der Waals surface area contributed by atoms with Gasteiger partial charge in [0.25, 0.3) is 0 Å². The van der Waals surface area contributed by atoms with Crippen LogP contribution in [0.3, 0.4) is 0 Å². The molecule has 0 saturated heterocycles. The second-order valence-corrected chi connectivity index (χ2v) is 4.09. The fourth-order valence-electron chi connectivity index (χ4n) is 1.77. The molecule has 5 nitrogen and oxygen atoms in total. The number of carbonyl (C=O) groups is 1. The van der Waals surface area contributed by atoms with E-state index in [9.17, 15) is 4.79 Å². The Labute approximate surface area is 111 Å². The topological polar surface area (TPSA) is 88.2 Å². The van der Waals surface area contributed by atoms with Crippen LogP contribution in [0.1, 0.15) is 15.9 Å². The lowest BCUT2D eigenvalue weighted by Crippen LogP contribution is -2.11. The van der Waals surface area contributed by atoms with Crippen molar-refractivity contribution in [3.63, 3.8) is 0 Å². The molecule has 1 aromatic carbocycles. The highest BCUT2D eigenvalue weighted by Crippen LogP contribution is 2.19. The Morgan fingerprint density at radius 1 is 1.26 bits per heavy atom. The smallest absolute Gasteiger partial charge is 0.337 e. The zero-order valence-corrected chi connectivity index (χ0v) is 10.3. The van der Waals surface area contributed by atoms with Crippen LogP contribution >= 0.6 is 0 Å². The fraction of sp³-hybridized carbons (Fsp3) is 0.143.